The zero-order valence-electron chi connectivity index (χ0n) is 12.4. The Bertz CT molecular complexity index is 487. The molecule has 0 radical (unpaired) electrons. The topological polar surface area (TPSA) is 49.8 Å². The van der Waals surface area contributed by atoms with Crippen LogP contribution in [0.2, 0.25) is 0 Å². The third-order valence-corrected chi connectivity index (χ3v) is 4.15. The lowest BCUT2D eigenvalue weighted by atomic mass is 9.86. The fourth-order valence-corrected chi connectivity index (χ4v) is 2.97. The van der Waals surface area contributed by atoms with Crippen LogP contribution in [0.5, 0.6) is 5.75 Å². The van der Waals surface area contributed by atoms with E-state index in [0.717, 1.165) is 25.0 Å². The summed E-state index contributed by atoms with van der Waals surface area (Å²) in [6.45, 7) is 2.32. The Labute approximate surface area is 120 Å². The van der Waals surface area contributed by atoms with Crippen LogP contribution in [0.4, 0.5) is 0 Å². The highest BCUT2D eigenvalue weighted by Gasteiger charge is 2.26. The molecule has 0 aliphatic heterocycles. The first-order valence-electron chi connectivity index (χ1n) is 7.12. The molecule has 4 heteroatoms. The summed E-state index contributed by atoms with van der Waals surface area (Å²) in [4.78, 5) is 13.2. The van der Waals surface area contributed by atoms with Crippen molar-refractivity contribution in [3.8, 4) is 5.75 Å². The van der Waals surface area contributed by atoms with E-state index in [0.29, 0.717) is 6.54 Å². The van der Waals surface area contributed by atoms with Crippen LogP contribution in [-0.4, -0.2) is 36.7 Å². The first kappa shape index (κ1) is 14.9. The van der Waals surface area contributed by atoms with Crippen LogP contribution in [0.25, 0.3) is 0 Å². The molecule has 0 bridgehead atoms. The molecule has 0 aromatic heterocycles. The number of methoxy groups -OCH3 is 1. The van der Waals surface area contributed by atoms with Crippen molar-refractivity contribution in [2.75, 3.05) is 20.7 Å². The van der Waals surface area contributed by atoms with Gasteiger partial charge >= 0.3 is 5.97 Å². The quantitative estimate of drug-likeness (QED) is 0.899. The maximum absolute atomic E-state index is 11.0. The van der Waals surface area contributed by atoms with Crippen molar-refractivity contribution in [3.05, 3.63) is 29.3 Å². The summed E-state index contributed by atoms with van der Waals surface area (Å²) in [6.07, 6.45) is 3.32. The van der Waals surface area contributed by atoms with E-state index in [1.165, 1.54) is 11.1 Å². The van der Waals surface area contributed by atoms with Gasteiger partial charge in [0.1, 0.15) is 5.75 Å². The van der Waals surface area contributed by atoms with Gasteiger partial charge in [0.05, 0.1) is 13.0 Å². The summed E-state index contributed by atoms with van der Waals surface area (Å²) in [6, 6.07) is 6.52. The lowest BCUT2D eigenvalue weighted by Gasteiger charge is -2.34. The van der Waals surface area contributed by atoms with Crippen molar-refractivity contribution in [1.82, 2.24) is 4.90 Å². The molecule has 1 aromatic carbocycles. The predicted molar refractivity (Wildman–Crippen MR) is 78.1 cm³/mol. The van der Waals surface area contributed by atoms with Crippen molar-refractivity contribution in [2.45, 2.75) is 32.2 Å². The third kappa shape index (κ3) is 3.12. The Kier molecular flexibility index (Phi) is 4.65. The Morgan fingerprint density at radius 2 is 2.30 bits per heavy atom. The van der Waals surface area contributed by atoms with Crippen LogP contribution >= 0.6 is 0 Å². The molecule has 0 heterocycles. The number of rotatable bonds is 5. The van der Waals surface area contributed by atoms with E-state index < -0.39 is 5.97 Å². The SMILES string of the molecule is COc1ccc2c(c1)C(N(C)CC(C)C(=O)O)CCC2. The second-order valence-corrected chi connectivity index (χ2v) is 5.65. The molecule has 1 N–H and O–H groups in total. The van der Waals surface area contributed by atoms with Gasteiger partial charge in [-0.2, -0.15) is 0 Å². The molecule has 0 spiro atoms. The molecule has 1 aromatic rings. The lowest BCUT2D eigenvalue weighted by molar-refractivity contribution is -0.141. The highest BCUT2D eigenvalue weighted by Crippen LogP contribution is 2.35. The molecule has 20 heavy (non-hydrogen) atoms. The minimum Gasteiger partial charge on any atom is -0.497 e. The molecule has 2 atom stereocenters. The van der Waals surface area contributed by atoms with Gasteiger partial charge in [0, 0.05) is 12.6 Å². The average Bonchev–Trinajstić information content (AvgIpc) is 2.45. The average molecular weight is 277 g/mol. The lowest BCUT2D eigenvalue weighted by Crippen LogP contribution is -2.33. The zero-order valence-corrected chi connectivity index (χ0v) is 12.4. The number of hydrogen-bond acceptors (Lipinski definition) is 3. The minimum absolute atomic E-state index is 0.288. The summed E-state index contributed by atoms with van der Waals surface area (Å²) < 4.78 is 5.32. The first-order valence-corrected chi connectivity index (χ1v) is 7.12. The Morgan fingerprint density at radius 1 is 1.55 bits per heavy atom. The van der Waals surface area contributed by atoms with E-state index in [1.807, 2.05) is 13.1 Å². The largest absolute Gasteiger partial charge is 0.497 e. The van der Waals surface area contributed by atoms with E-state index in [2.05, 4.69) is 17.0 Å². The van der Waals surface area contributed by atoms with Gasteiger partial charge in [-0.15, -0.1) is 0 Å². The van der Waals surface area contributed by atoms with Gasteiger partial charge in [-0.3, -0.25) is 9.69 Å². The number of ether oxygens (including phenoxy) is 1. The second-order valence-electron chi connectivity index (χ2n) is 5.65. The van der Waals surface area contributed by atoms with Crippen molar-refractivity contribution in [1.29, 1.82) is 0 Å². The molecule has 110 valence electrons. The summed E-state index contributed by atoms with van der Waals surface area (Å²) in [5, 5.41) is 9.06. The molecular weight excluding hydrogens is 254 g/mol. The van der Waals surface area contributed by atoms with E-state index in [9.17, 15) is 4.79 Å². The van der Waals surface area contributed by atoms with Gasteiger partial charge in [0.25, 0.3) is 0 Å². The normalized spacial score (nSPS) is 19.5. The molecule has 2 rings (SSSR count). The number of hydrogen-bond donors (Lipinski definition) is 1. The van der Waals surface area contributed by atoms with Crippen LogP contribution in [0, 0.1) is 5.92 Å². The van der Waals surface area contributed by atoms with Gasteiger partial charge in [0.15, 0.2) is 0 Å². The number of carboxylic acid groups (broad SMARTS) is 1. The Morgan fingerprint density at radius 3 is 2.95 bits per heavy atom. The number of carbonyl (C=O) groups is 1. The fourth-order valence-electron chi connectivity index (χ4n) is 2.97. The van der Waals surface area contributed by atoms with Crippen molar-refractivity contribution < 1.29 is 14.6 Å². The van der Waals surface area contributed by atoms with Crippen molar-refractivity contribution in [3.63, 3.8) is 0 Å². The number of aliphatic carboxylic acids is 1. The Hall–Kier alpha value is -1.55. The molecule has 0 amide bonds. The van der Waals surface area contributed by atoms with E-state index in [-0.39, 0.29) is 12.0 Å². The van der Waals surface area contributed by atoms with Gasteiger partial charge in [0.2, 0.25) is 0 Å². The zero-order chi connectivity index (χ0) is 14.7. The molecule has 0 saturated heterocycles. The number of fused-ring (bicyclic) bond motifs is 1. The van der Waals surface area contributed by atoms with Crippen LogP contribution in [-0.2, 0) is 11.2 Å². The highest BCUT2D eigenvalue weighted by molar-refractivity contribution is 5.69. The second kappa shape index (κ2) is 6.27. The van der Waals surface area contributed by atoms with Crippen LogP contribution < -0.4 is 4.74 Å². The van der Waals surface area contributed by atoms with E-state index in [4.69, 9.17) is 9.84 Å². The first-order chi connectivity index (χ1) is 9.52. The maximum atomic E-state index is 11.0. The maximum Gasteiger partial charge on any atom is 0.307 e. The third-order valence-electron chi connectivity index (χ3n) is 4.15. The predicted octanol–water partition coefficient (Wildman–Crippen LogP) is 2.73. The van der Waals surface area contributed by atoms with Gasteiger partial charge in [-0.05, 0) is 49.6 Å². The molecule has 1 aliphatic carbocycles. The van der Waals surface area contributed by atoms with Crippen LogP contribution in [0.3, 0.4) is 0 Å². The fraction of sp³-hybridized carbons (Fsp3) is 0.562. The number of nitrogens with zero attached hydrogens (tertiary/aromatic N) is 1. The van der Waals surface area contributed by atoms with Crippen molar-refractivity contribution in [2.24, 2.45) is 5.92 Å². The molecule has 0 saturated carbocycles. The number of benzene rings is 1. The molecular formula is C16H23NO3. The summed E-state index contributed by atoms with van der Waals surface area (Å²) in [5.41, 5.74) is 2.65. The molecule has 4 nitrogen and oxygen atoms in total. The highest BCUT2D eigenvalue weighted by atomic mass is 16.5. The van der Waals surface area contributed by atoms with Crippen molar-refractivity contribution >= 4 is 5.97 Å². The molecule has 1 aliphatic rings. The standard InChI is InChI=1S/C16H23NO3/c1-11(16(18)19)10-17(2)15-6-4-5-12-7-8-13(20-3)9-14(12)15/h7-9,11,15H,4-6,10H2,1-3H3,(H,18,19). The minimum atomic E-state index is -0.737. The molecule has 0 fully saturated rings. The smallest absolute Gasteiger partial charge is 0.307 e. The van der Waals surface area contributed by atoms with E-state index in [1.54, 1.807) is 14.0 Å². The van der Waals surface area contributed by atoms with E-state index >= 15 is 0 Å². The number of aryl methyl sites for hydroxylation is 1. The molecule has 2 unspecified atom stereocenters. The van der Waals surface area contributed by atoms with Gasteiger partial charge in [-0.1, -0.05) is 13.0 Å². The van der Waals surface area contributed by atoms with Crippen LogP contribution in [0.1, 0.15) is 36.9 Å². The van der Waals surface area contributed by atoms with Gasteiger partial charge in [-0.25, -0.2) is 0 Å². The Balaban J connectivity index is 2.20. The monoisotopic (exact) mass is 277 g/mol. The summed E-state index contributed by atoms with van der Waals surface area (Å²) >= 11 is 0. The number of carboxylic acids is 1. The summed E-state index contributed by atoms with van der Waals surface area (Å²) in [5.74, 6) is -0.218. The van der Waals surface area contributed by atoms with Crippen LogP contribution in [0.15, 0.2) is 18.2 Å². The summed E-state index contributed by atoms with van der Waals surface area (Å²) in [7, 11) is 3.69. The van der Waals surface area contributed by atoms with Gasteiger partial charge < -0.3 is 9.84 Å².